The highest BCUT2D eigenvalue weighted by Crippen LogP contribution is 2.53. The molecule has 0 bridgehead atoms. The Hall–Kier alpha value is -2.08. The van der Waals surface area contributed by atoms with Gasteiger partial charge in [-0.2, -0.15) is 0 Å². The van der Waals surface area contributed by atoms with Crippen molar-refractivity contribution in [3.05, 3.63) is 83.0 Å². The van der Waals surface area contributed by atoms with Gasteiger partial charge in [0.1, 0.15) is 0 Å². The van der Waals surface area contributed by atoms with Gasteiger partial charge in [-0.1, -0.05) is 71.8 Å². The number of benzene rings is 2. The molecule has 0 fully saturated rings. The lowest BCUT2D eigenvalue weighted by molar-refractivity contribution is 0.665. The van der Waals surface area contributed by atoms with Gasteiger partial charge < -0.3 is 0 Å². The fourth-order valence-corrected chi connectivity index (χ4v) is 3.69. The molecule has 0 N–H and O–H groups in total. The van der Waals surface area contributed by atoms with Crippen molar-refractivity contribution in [3.63, 3.8) is 0 Å². The minimum atomic E-state index is 0.0530. The lowest BCUT2D eigenvalue weighted by Gasteiger charge is -2.29. The first-order valence-electron chi connectivity index (χ1n) is 7.28. The second-order valence-corrected chi connectivity index (χ2v) is 6.06. The van der Waals surface area contributed by atoms with Crippen LogP contribution in [0.1, 0.15) is 28.7 Å². The zero-order valence-corrected chi connectivity index (χ0v) is 12.0. The van der Waals surface area contributed by atoms with Gasteiger partial charge in [0.05, 0.1) is 0 Å². The van der Waals surface area contributed by atoms with Gasteiger partial charge in [0.2, 0.25) is 0 Å². The van der Waals surface area contributed by atoms with Gasteiger partial charge in [-0.3, -0.25) is 0 Å². The van der Waals surface area contributed by atoms with Gasteiger partial charge in [0.15, 0.2) is 0 Å². The van der Waals surface area contributed by atoms with Crippen LogP contribution in [-0.2, 0) is 5.41 Å². The zero-order valence-electron chi connectivity index (χ0n) is 12.0. The van der Waals surface area contributed by atoms with Gasteiger partial charge in [0, 0.05) is 5.41 Å². The molecule has 0 heteroatoms. The van der Waals surface area contributed by atoms with Crippen LogP contribution in [0.4, 0.5) is 0 Å². The van der Waals surface area contributed by atoms with Crippen LogP contribution in [0.5, 0.6) is 0 Å². The highest BCUT2D eigenvalue weighted by molar-refractivity contribution is 5.83. The van der Waals surface area contributed by atoms with Crippen molar-refractivity contribution in [3.8, 4) is 11.1 Å². The van der Waals surface area contributed by atoms with Crippen molar-refractivity contribution < 1.29 is 0 Å². The van der Waals surface area contributed by atoms with Crippen LogP contribution in [-0.4, -0.2) is 0 Å². The van der Waals surface area contributed by atoms with Crippen molar-refractivity contribution in [2.75, 3.05) is 0 Å². The first kappa shape index (κ1) is 11.7. The molecule has 0 aliphatic heterocycles. The van der Waals surface area contributed by atoms with Crippen molar-refractivity contribution >= 4 is 0 Å². The third kappa shape index (κ3) is 1.42. The topological polar surface area (TPSA) is 0 Å². The van der Waals surface area contributed by atoms with Crippen LogP contribution in [0.15, 0.2) is 60.7 Å². The predicted octanol–water partition coefficient (Wildman–Crippen LogP) is 5.09. The third-order valence-corrected chi connectivity index (χ3v) is 4.67. The molecule has 98 valence electrons. The summed E-state index contributed by atoms with van der Waals surface area (Å²) in [7, 11) is 0. The molecule has 0 radical (unpaired) electrons. The fraction of sp³-hybridized carbons (Fsp3) is 0.200. The van der Waals surface area contributed by atoms with E-state index in [0.717, 1.165) is 6.42 Å². The number of hydrogen-bond donors (Lipinski definition) is 0. The first-order chi connectivity index (χ1) is 9.71. The summed E-state index contributed by atoms with van der Waals surface area (Å²) < 4.78 is 0. The Kier molecular flexibility index (Phi) is 2.32. The molecule has 0 saturated heterocycles. The van der Waals surface area contributed by atoms with E-state index in [0.29, 0.717) is 0 Å². The molecule has 0 atom stereocenters. The van der Waals surface area contributed by atoms with Crippen LogP contribution in [0.25, 0.3) is 11.1 Å². The minimum absolute atomic E-state index is 0.0530. The Bertz CT molecular complexity index is 708. The number of fused-ring (bicyclic) bond motifs is 5. The molecule has 20 heavy (non-hydrogen) atoms. The van der Waals surface area contributed by atoms with E-state index in [1.54, 1.807) is 0 Å². The third-order valence-electron chi connectivity index (χ3n) is 4.67. The molecule has 2 aromatic carbocycles. The van der Waals surface area contributed by atoms with E-state index in [2.05, 4.69) is 74.5 Å². The van der Waals surface area contributed by atoms with Gasteiger partial charge >= 0.3 is 0 Å². The average molecular weight is 258 g/mol. The van der Waals surface area contributed by atoms with E-state index >= 15 is 0 Å². The predicted molar refractivity (Wildman–Crippen MR) is 85.0 cm³/mol. The molecule has 0 aromatic heterocycles. The largest absolute Gasteiger partial charge is 0.0830 e. The molecule has 2 aromatic rings. The summed E-state index contributed by atoms with van der Waals surface area (Å²) in [6.45, 7) is 4.37. The molecule has 0 heterocycles. The highest BCUT2D eigenvalue weighted by atomic mass is 14.4. The molecule has 0 unspecified atom stereocenters. The zero-order chi connectivity index (χ0) is 13.7. The maximum atomic E-state index is 2.39. The van der Waals surface area contributed by atoms with E-state index in [9.17, 15) is 0 Å². The number of allylic oxidation sites excluding steroid dienone is 4. The highest BCUT2D eigenvalue weighted by Gasteiger charge is 2.40. The second-order valence-electron chi connectivity index (χ2n) is 6.06. The maximum absolute atomic E-state index is 2.39. The van der Waals surface area contributed by atoms with Gasteiger partial charge in [-0.15, -0.1) is 0 Å². The molecular formula is C20H18. The van der Waals surface area contributed by atoms with Gasteiger partial charge in [-0.25, -0.2) is 0 Å². The molecule has 0 amide bonds. The van der Waals surface area contributed by atoms with Crippen LogP contribution < -0.4 is 0 Å². The number of hydrogen-bond acceptors (Lipinski definition) is 0. The quantitative estimate of drug-likeness (QED) is 0.617. The Balaban J connectivity index is 2.09. The summed E-state index contributed by atoms with van der Waals surface area (Å²) >= 11 is 0. The molecule has 4 rings (SSSR count). The molecule has 1 spiro atoms. The van der Waals surface area contributed by atoms with E-state index < -0.39 is 0 Å². The van der Waals surface area contributed by atoms with Crippen LogP contribution in [0.2, 0.25) is 0 Å². The molecule has 2 aliphatic carbocycles. The van der Waals surface area contributed by atoms with Crippen molar-refractivity contribution in [1.82, 2.24) is 0 Å². The Morgan fingerprint density at radius 3 is 1.90 bits per heavy atom. The Morgan fingerprint density at radius 1 is 0.800 bits per heavy atom. The van der Waals surface area contributed by atoms with Crippen LogP contribution >= 0.6 is 0 Å². The summed E-state index contributed by atoms with van der Waals surface area (Å²) in [6.07, 6.45) is 10.1. The minimum Gasteiger partial charge on any atom is -0.0830 e. The van der Waals surface area contributed by atoms with E-state index in [4.69, 9.17) is 0 Å². The summed E-state index contributed by atoms with van der Waals surface area (Å²) in [6, 6.07) is 13.8. The first-order valence-corrected chi connectivity index (χ1v) is 7.28. The molecule has 0 saturated carbocycles. The maximum Gasteiger partial charge on any atom is 0.0431 e. The second kappa shape index (κ2) is 3.96. The van der Waals surface area contributed by atoms with Crippen molar-refractivity contribution in [1.29, 1.82) is 0 Å². The van der Waals surface area contributed by atoms with E-state index in [-0.39, 0.29) is 5.41 Å². The average Bonchev–Trinajstić information content (AvgIpc) is 2.70. The molecular weight excluding hydrogens is 240 g/mol. The van der Waals surface area contributed by atoms with Gasteiger partial charge in [0.25, 0.3) is 0 Å². The van der Waals surface area contributed by atoms with E-state index in [1.807, 2.05) is 0 Å². The SMILES string of the molecule is Cc1ccc2c(c1)C1(C=CC=CC1)c1cc(C)ccc1-2. The Morgan fingerprint density at radius 2 is 1.40 bits per heavy atom. The van der Waals surface area contributed by atoms with Crippen LogP contribution in [0, 0.1) is 13.8 Å². The lowest BCUT2D eigenvalue weighted by Crippen LogP contribution is -2.23. The fourth-order valence-electron chi connectivity index (χ4n) is 3.69. The summed E-state index contributed by atoms with van der Waals surface area (Å²) in [4.78, 5) is 0. The normalized spacial score (nSPS) is 17.3. The summed E-state index contributed by atoms with van der Waals surface area (Å²) in [5.74, 6) is 0. The number of aryl methyl sites for hydroxylation is 2. The summed E-state index contributed by atoms with van der Waals surface area (Å²) in [5.41, 5.74) is 8.50. The smallest absolute Gasteiger partial charge is 0.0431 e. The Labute approximate surface area is 120 Å². The standard InChI is InChI=1S/C20H18/c1-14-6-8-16-17-9-7-15(2)13-19(17)20(18(16)12-14)10-4-3-5-11-20/h3-10,12-13H,11H2,1-2H3. The summed E-state index contributed by atoms with van der Waals surface area (Å²) in [5, 5.41) is 0. The lowest BCUT2D eigenvalue weighted by atomic mass is 9.73. The molecule has 0 nitrogen and oxygen atoms in total. The number of rotatable bonds is 0. The van der Waals surface area contributed by atoms with Crippen LogP contribution in [0.3, 0.4) is 0 Å². The van der Waals surface area contributed by atoms with Crippen molar-refractivity contribution in [2.24, 2.45) is 0 Å². The molecule has 2 aliphatic rings. The monoisotopic (exact) mass is 258 g/mol. The van der Waals surface area contributed by atoms with Crippen molar-refractivity contribution in [2.45, 2.75) is 25.7 Å². The van der Waals surface area contributed by atoms with Gasteiger partial charge in [-0.05, 0) is 42.5 Å². The van der Waals surface area contributed by atoms with E-state index in [1.165, 1.54) is 33.4 Å².